The Bertz CT molecular complexity index is 167. The molecule has 0 aromatic heterocycles. The SMILES string of the molecule is NCC1(CC(=O)O)CCCCC1.[KH]. The Morgan fingerprint density at radius 1 is 1.31 bits per heavy atom. The summed E-state index contributed by atoms with van der Waals surface area (Å²) in [6.07, 6.45) is 5.77. The molecule has 0 aliphatic heterocycles. The van der Waals surface area contributed by atoms with Gasteiger partial charge < -0.3 is 10.8 Å². The van der Waals surface area contributed by atoms with E-state index in [9.17, 15) is 4.79 Å². The molecule has 13 heavy (non-hydrogen) atoms. The first kappa shape index (κ1) is 14.1. The second kappa shape index (κ2) is 6.53. The van der Waals surface area contributed by atoms with Crippen LogP contribution in [0.15, 0.2) is 0 Å². The molecule has 1 rings (SSSR count). The van der Waals surface area contributed by atoms with Crippen molar-refractivity contribution in [3.63, 3.8) is 0 Å². The monoisotopic (exact) mass is 211 g/mol. The fraction of sp³-hybridized carbons (Fsp3) is 0.889. The summed E-state index contributed by atoms with van der Waals surface area (Å²) in [5.74, 6) is -0.706. The van der Waals surface area contributed by atoms with Gasteiger partial charge in [-0.3, -0.25) is 4.79 Å². The number of carbonyl (C=O) groups is 1. The van der Waals surface area contributed by atoms with Crippen LogP contribution in [0, 0.1) is 5.41 Å². The molecule has 0 spiro atoms. The molecule has 0 heterocycles. The van der Waals surface area contributed by atoms with Gasteiger partial charge in [-0.25, -0.2) is 0 Å². The molecule has 4 heteroatoms. The van der Waals surface area contributed by atoms with E-state index < -0.39 is 5.97 Å². The molecule has 1 fully saturated rings. The molecule has 0 aromatic rings. The van der Waals surface area contributed by atoms with Crippen molar-refractivity contribution in [2.24, 2.45) is 11.1 Å². The van der Waals surface area contributed by atoms with Gasteiger partial charge in [0, 0.05) is 0 Å². The van der Waals surface area contributed by atoms with Gasteiger partial charge in [-0.2, -0.15) is 0 Å². The quantitative estimate of drug-likeness (QED) is 0.676. The zero-order valence-corrected chi connectivity index (χ0v) is 7.38. The number of carboxylic acids is 1. The predicted octanol–water partition coefficient (Wildman–Crippen LogP) is 0.722. The number of nitrogens with two attached hydrogens (primary N) is 1. The Hall–Kier alpha value is 1.07. The van der Waals surface area contributed by atoms with Crippen LogP contribution >= 0.6 is 0 Å². The van der Waals surface area contributed by atoms with Crippen molar-refractivity contribution in [3.8, 4) is 0 Å². The molecular formula is C9H18KNO2. The normalized spacial score (nSPS) is 20.4. The summed E-state index contributed by atoms with van der Waals surface area (Å²) < 4.78 is 0. The third kappa shape index (κ3) is 4.40. The number of hydrogen-bond donors (Lipinski definition) is 2. The fourth-order valence-corrected chi connectivity index (χ4v) is 2.08. The average molecular weight is 211 g/mol. The van der Waals surface area contributed by atoms with Crippen LogP contribution in [0.3, 0.4) is 0 Å². The predicted molar refractivity (Wildman–Crippen MR) is 54.0 cm³/mol. The summed E-state index contributed by atoms with van der Waals surface area (Å²) in [4.78, 5) is 10.6. The number of rotatable bonds is 3. The van der Waals surface area contributed by atoms with E-state index in [2.05, 4.69) is 0 Å². The van der Waals surface area contributed by atoms with Crippen molar-refractivity contribution in [3.05, 3.63) is 0 Å². The van der Waals surface area contributed by atoms with Crippen LogP contribution in [0.2, 0.25) is 0 Å². The summed E-state index contributed by atoms with van der Waals surface area (Å²) >= 11 is 0. The maximum absolute atomic E-state index is 10.6. The Balaban J connectivity index is 0.00000144. The molecule has 3 nitrogen and oxygen atoms in total. The standard InChI is InChI=1S/C9H17NO2.K.H/c10-7-9(6-8(11)12)4-2-1-3-5-9;;/h1-7,10H2,(H,11,12);;. The second-order valence-electron chi connectivity index (χ2n) is 3.84. The van der Waals surface area contributed by atoms with Gasteiger partial charge in [0.2, 0.25) is 0 Å². The van der Waals surface area contributed by atoms with Crippen molar-refractivity contribution < 1.29 is 9.90 Å². The van der Waals surface area contributed by atoms with Crippen molar-refractivity contribution >= 4 is 57.4 Å². The first-order valence-corrected chi connectivity index (χ1v) is 4.60. The maximum atomic E-state index is 10.6. The molecule has 0 aromatic carbocycles. The van der Waals surface area contributed by atoms with E-state index in [0.717, 1.165) is 25.7 Å². The van der Waals surface area contributed by atoms with Gasteiger partial charge in [0.25, 0.3) is 0 Å². The van der Waals surface area contributed by atoms with E-state index >= 15 is 0 Å². The molecule has 72 valence electrons. The Morgan fingerprint density at radius 3 is 2.23 bits per heavy atom. The summed E-state index contributed by atoms with van der Waals surface area (Å²) in [5.41, 5.74) is 5.54. The van der Waals surface area contributed by atoms with Crippen LogP contribution < -0.4 is 5.73 Å². The minimum atomic E-state index is -0.706. The van der Waals surface area contributed by atoms with Crippen LogP contribution in [0.25, 0.3) is 0 Å². The van der Waals surface area contributed by atoms with Gasteiger partial charge in [0.15, 0.2) is 0 Å². The van der Waals surface area contributed by atoms with E-state index in [-0.39, 0.29) is 63.2 Å². The number of hydrogen-bond acceptors (Lipinski definition) is 2. The number of aliphatic carboxylic acids is 1. The molecule has 0 radical (unpaired) electrons. The third-order valence-electron chi connectivity index (χ3n) is 2.87. The summed E-state index contributed by atoms with van der Waals surface area (Å²) in [6, 6.07) is 0. The second-order valence-corrected chi connectivity index (χ2v) is 3.84. The van der Waals surface area contributed by atoms with Crippen molar-refractivity contribution in [2.45, 2.75) is 38.5 Å². The summed E-state index contributed by atoms with van der Waals surface area (Å²) in [7, 11) is 0. The fourth-order valence-electron chi connectivity index (χ4n) is 2.08. The zero-order valence-electron chi connectivity index (χ0n) is 7.38. The van der Waals surface area contributed by atoms with Crippen LogP contribution in [-0.4, -0.2) is 69.0 Å². The molecule has 3 N–H and O–H groups in total. The van der Waals surface area contributed by atoms with E-state index in [1.54, 1.807) is 0 Å². The first-order valence-electron chi connectivity index (χ1n) is 4.60. The van der Waals surface area contributed by atoms with Gasteiger partial charge in [-0.05, 0) is 24.8 Å². The topological polar surface area (TPSA) is 63.3 Å². The van der Waals surface area contributed by atoms with Gasteiger partial charge in [0.1, 0.15) is 0 Å². The molecule has 0 amide bonds. The molecule has 1 aliphatic carbocycles. The first-order chi connectivity index (χ1) is 5.68. The molecule has 1 aliphatic rings. The molecular weight excluding hydrogens is 193 g/mol. The van der Waals surface area contributed by atoms with E-state index in [4.69, 9.17) is 10.8 Å². The Kier molecular flexibility index (Phi) is 7.07. The van der Waals surface area contributed by atoms with Crippen molar-refractivity contribution in [1.29, 1.82) is 0 Å². The Labute approximate surface area is 122 Å². The van der Waals surface area contributed by atoms with Crippen molar-refractivity contribution in [2.75, 3.05) is 6.54 Å². The third-order valence-corrected chi connectivity index (χ3v) is 2.87. The number of carboxylic acid groups (broad SMARTS) is 1. The van der Waals surface area contributed by atoms with Gasteiger partial charge in [-0.15, -0.1) is 0 Å². The van der Waals surface area contributed by atoms with Crippen molar-refractivity contribution in [1.82, 2.24) is 0 Å². The summed E-state index contributed by atoms with van der Waals surface area (Å²) in [5, 5.41) is 8.71. The molecule has 0 bridgehead atoms. The van der Waals surface area contributed by atoms with Crippen LogP contribution in [-0.2, 0) is 4.79 Å². The minimum absolute atomic E-state index is 0. The molecule has 0 unspecified atom stereocenters. The van der Waals surface area contributed by atoms with Gasteiger partial charge >= 0.3 is 57.4 Å². The van der Waals surface area contributed by atoms with Gasteiger partial charge in [-0.1, -0.05) is 19.3 Å². The van der Waals surface area contributed by atoms with E-state index in [1.165, 1.54) is 6.42 Å². The zero-order chi connectivity index (χ0) is 9.03. The summed E-state index contributed by atoms with van der Waals surface area (Å²) in [6.45, 7) is 0.527. The molecule has 0 atom stereocenters. The van der Waals surface area contributed by atoms with Crippen LogP contribution in [0.4, 0.5) is 0 Å². The average Bonchev–Trinajstić information content (AvgIpc) is 2.05. The van der Waals surface area contributed by atoms with Crippen LogP contribution in [0.5, 0.6) is 0 Å². The van der Waals surface area contributed by atoms with E-state index in [1.807, 2.05) is 0 Å². The van der Waals surface area contributed by atoms with Gasteiger partial charge in [0.05, 0.1) is 6.42 Å². The molecule has 1 saturated carbocycles. The van der Waals surface area contributed by atoms with Crippen LogP contribution in [0.1, 0.15) is 38.5 Å². The molecule has 0 saturated heterocycles. The van der Waals surface area contributed by atoms with E-state index in [0.29, 0.717) is 6.54 Å². The Morgan fingerprint density at radius 2 is 1.85 bits per heavy atom.